The van der Waals surface area contributed by atoms with Crippen molar-refractivity contribution in [2.45, 2.75) is 70.1 Å². The van der Waals surface area contributed by atoms with Gasteiger partial charge in [0.15, 0.2) is 0 Å². The first-order chi connectivity index (χ1) is 18.0. The number of carbonyl (C=O) groups excluding carboxylic acids is 3. The van der Waals surface area contributed by atoms with E-state index in [4.69, 9.17) is 4.74 Å². The lowest BCUT2D eigenvalue weighted by Crippen LogP contribution is -2.73. The fraction of sp³-hybridized carbons (Fsp3) is 0.500. The molecule has 0 aliphatic carbocycles. The third kappa shape index (κ3) is 6.77. The highest BCUT2D eigenvalue weighted by Crippen LogP contribution is 2.34. The van der Waals surface area contributed by atoms with Crippen LogP contribution in [0.3, 0.4) is 0 Å². The second-order valence-electron chi connectivity index (χ2n) is 10.2. The number of hydrogen-bond donors (Lipinski definition) is 1. The van der Waals surface area contributed by atoms with Crippen LogP contribution in [0.4, 0.5) is 0 Å². The van der Waals surface area contributed by atoms with Gasteiger partial charge in [-0.15, -0.1) is 0 Å². The molecule has 37 heavy (non-hydrogen) atoms. The first kappa shape index (κ1) is 26.9. The van der Waals surface area contributed by atoms with Crippen LogP contribution in [-0.2, 0) is 32.1 Å². The molecule has 2 aliphatic heterocycles. The number of esters is 1. The number of piperidine rings is 1. The summed E-state index contributed by atoms with van der Waals surface area (Å²) in [6, 6.07) is 19.1. The Labute approximate surface area is 220 Å². The fourth-order valence-corrected chi connectivity index (χ4v) is 5.48. The van der Waals surface area contributed by atoms with Crippen LogP contribution in [-0.4, -0.2) is 65.3 Å². The number of amides is 2. The number of nitrogens with zero attached hydrogens (tertiary/aromatic N) is 2. The van der Waals surface area contributed by atoms with Gasteiger partial charge in [0.2, 0.25) is 11.8 Å². The molecule has 0 bridgehead atoms. The lowest BCUT2D eigenvalue weighted by molar-refractivity contribution is -0.163. The van der Waals surface area contributed by atoms with Gasteiger partial charge in [0.05, 0.1) is 6.42 Å². The molecule has 2 amide bonds. The molecule has 1 atom stereocenters. The topological polar surface area (TPSA) is 79.0 Å². The van der Waals surface area contributed by atoms with E-state index in [1.165, 1.54) is 5.56 Å². The monoisotopic (exact) mass is 505 g/mol. The molecule has 2 saturated heterocycles. The molecule has 2 aliphatic rings. The first-order valence-corrected chi connectivity index (χ1v) is 13.6. The van der Waals surface area contributed by atoms with Gasteiger partial charge in [0, 0.05) is 19.6 Å². The standard InChI is InChI=1S/C30H39N3O4/c1-2-18-33-28(35)26(22-27(34)37-23-25-14-7-4-8-15-25)31-29(36)30(33)16-20-32(21-17-30)19-10-9-13-24-11-5-3-6-12-24/h3-8,11-12,14-15,26H,2,9-10,13,16-23H2,1H3,(H,31,36). The van der Waals surface area contributed by atoms with Crippen LogP contribution in [0.1, 0.15) is 56.6 Å². The predicted octanol–water partition coefficient (Wildman–Crippen LogP) is 3.71. The van der Waals surface area contributed by atoms with E-state index >= 15 is 0 Å². The van der Waals surface area contributed by atoms with Gasteiger partial charge < -0.3 is 19.9 Å². The van der Waals surface area contributed by atoms with Crippen LogP contribution in [0.2, 0.25) is 0 Å². The van der Waals surface area contributed by atoms with Gasteiger partial charge in [-0.1, -0.05) is 67.6 Å². The molecule has 2 aromatic rings. The number of rotatable bonds is 11. The van der Waals surface area contributed by atoms with Gasteiger partial charge in [0.1, 0.15) is 18.2 Å². The number of hydrogen-bond acceptors (Lipinski definition) is 5. The summed E-state index contributed by atoms with van der Waals surface area (Å²) in [5, 5.41) is 2.88. The average molecular weight is 506 g/mol. The van der Waals surface area contributed by atoms with Crippen molar-refractivity contribution in [1.82, 2.24) is 15.1 Å². The van der Waals surface area contributed by atoms with Crippen molar-refractivity contribution >= 4 is 17.8 Å². The van der Waals surface area contributed by atoms with Gasteiger partial charge in [-0.2, -0.15) is 0 Å². The van der Waals surface area contributed by atoms with Crippen LogP contribution in [0, 0.1) is 0 Å². The zero-order valence-corrected chi connectivity index (χ0v) is 21.9. The van der Waals surface area contributed by atoms with E-state index in [2.05, 4.69) is 34.5 Å². The van der Waals surface area contributed by atoms with Crippen molar-refractivity contribution in [3.8, 4) is 0 Å². The van der Waals surface area contributed by atoms with Gasteiger partial charge in [-0.3, -0.25) is 14.4 Å². The summed E-state index contributed by atoms with van der Waals surface area (Å²) in [4.78, 5) is 43.5. The SMILES string of the molecule is CCCN1C(=O)C(CC(=O)OCc2ccccc2)NC(=O)C12CCN(CCCCc1ccccc1)CC2. The number of piperazine rings is 1. The van der Waals surface area contributed by atoms with Crippen LogP contribution in [0.15, 0.2) is 60.7 Å². The summed E-state index contributed by atoms with van der Waals surface area (Å²) in [5.74, 6) is -0.792. The number of carbonyl (C=O) groups is 3. The molecule has 7 nitrogen and oxygen atoms in total. The molecule has 2 aromatic carbocycles. The molecule has 1 spiro atoms. The Bertz CT molecular complexity index is 1040. The highest BCUT2D eigenvalue weighted by molar-refractivity contribution is 6.01. The van der Waals surface area contributed by atoms with E-state index in [0.29, 0.717) is 19.4 Å². The Morgan fingerprint density at radius 1 is 0.946 bits per heavy atom. The number of nitrogens with one attached hydrogen (secondary N) is 1. The summed E-state index contributed by atoms with van der Waals surface area (Å²) in [6.45, 7) is 5.25. The number of unbranched alkanes of at least 4 members (excludes halogenated alkanes) is 1. The largest absolute Gasteiger partial charge is 0.461 e. The van der Waals surface area contributed by atoms with E-state index < -0.39 is 17.6 Å². The minimum absolute atomic E-state index is 0.134. The zero-order chi connectivity index (χ0) is 26.1. The lowest BCUT2D eigenvalue weighted by Gasteiger charge is -2.51. The van der Waals surface area contributed by atoms with Crippen LogP contribution in [0.25, 0.3) is 0 Å². The van der Waals surface area contributed by atoms with Crippen LogP contribution < -0.4 is 5.32 Å². The normalized spacial score (nSPS) is 19.6. The maximum absolute atomic E-state index is 13.5. The van der Waals surface area contributed by atoms with Crippen molar-refractivity contribution in [3.05, 3.63) is 71.8 Å². The summed E-state index contributed by atoms with van der Waals surface area (Å²) in [6.07, 6.45) is 5.17. The van der Waals surface area contributed by atoms with E-state index in [0.717, 1.165) is 50.9 Å². The minimum Gasteiger partial charge on any atom is -0.461 e. The number of likely N-dealkylation sites (tertiary alicyclic amines) is 1. The lowest BCUT2D eigenvalue weighted by atomic mass is 9.81. The summed E-state index contributed by atoms with van der Waals surface area (Å²) in [5.41, 5.74) is 1.43. The van der Waals surface area contributed by atoms with Crippen LogP contribution >= 0.6 is 0 Å². The smallest absolute Gasteiger partial charge is 0.308 e. The quantitative estimate of drug-likeness (QED) is 0.372. The molecule has 2 fully saturated rings. The molecule has 0 radical (unpaired) electrons. The van der Waals surface area contributed by atoms with E-state index in [9.17, 15) is 14.4 Å². The average Bonchev–Trinajstić information content (AvgIpc) is 2.93. The maximum Gasteiger partial charge on any atom is 0.308 e. The van der Waals surface area contributed by atoms with Gasteiger partial charge in [-0.05, 0) is 56.2 Å². The van der Waals surface area contributed by atoms with Crippen molar-refractivity contribution < 1.29 is 19.1 Å². The Hall–Kier alpha value is -3.19. The van der Waals surface area contributed by atoms with Crippen molar-refractivity contribution in [1.29, 1.82) is 0 Å². The molecular weight excluding hydrogens is 466 g/mol. The molecular formula is C30H39N3O4. The molecule has 2 heterocycles. The van der Waals surface area contributed by atoms with Gasteiger partial charge in [-0.25, -0.2) is 0 Å². The highest BCUT2D eigenvalue weighted by atomic mass is 16.5. The third-order valence-corrected chi connectivity index (χ3v) is 7.59. The molecule has 7 heteroatoms. The van der Waals surface area contributed by atoms with Gasteiger partial charge in [0.25, 0.3) is 0 Å². The molecule has 4 rings (SSSR count). The van der Waals surface area contributed by atoms with E-state index in [1.54, 1.807) is 4.90 Å². The molecule has 1 N–H and O–H groups in total. The highest BCUT2D eigenvalue weighted by Gasteiger charge is 2.53. The second kappa shape index (κ2) is 12.9. The van der Waals surface area contributed by atoms with Crippen molar-refractivity contribution in [2.75, 3.05) is 26.2 Å². The van der Waals surface area contributed by atoms with E-state index in [1.807, 2.05) is 43.3 Å². The molecule has 0 saturated carbocycles. The van der Waals surface area contributed by atoms with Gasteiger partial charge >= 0.3 is 5.97 Å². The molecule has 1 unspecified atom stereocenters. The Morgan fingerprint density at radius 3 is 2.24 bits per heavy atom. The molecule has 0 aromatic heterocycles. The van der Waals surface area contributed by atoms with E-state index in [-0.39, 0.29) is 24.8 Å². The first-order valence-electron chi connectivity index (χ1n) is 13.6. The summed E-state index contributed by atoms with van der Waals surface area (Å²) < 4.78 is 5.37. The number of ether oxygens (including phenoxy) is 1. The summed E-state index contributed by atoms with van der Waals surface area (Å²) >= 11 is 0. The third-order valence-electron chi connectivity index (χ3n) is 7.59. The second-order valence-corrected chi connectivity index (χ2v) is 10.2. The van der Waals surface area contributed by atoms with Crippen LogP contribution in [0.5, 0.6) is 0 Å². The summed E-state index contributed by atoms with van der Waals surface area (Å²) in [7, 11) is 0. The Balaban J connectivity index is 1.28. The minimum atomic E-state index is -0.871. The van der Waals surface area contributed by atoms with Crippen molar-refractivity contribution in [2.24, 2.45) is 0 Å². The predicted molar refractivity (Wildman–Crippen MR) is 143 cm³/mol. The number of aryl methyl sites for hydroxylation is 1. The number of benzene rings is 2. The Kier molecular flexibility index (Phi) is 9.34. The Morgan fingerprint density at radius 2 is 1.59 bits per heavy atom. The maximum atomic E-state index is 13.5. The zero-order valence-electron chi connectivity index (χ0n) is 21.9. The fourth-order valence-electron chi connectivity index (χ4n) is 5.48. The van der Waals surface area contributed by atoms with Crippen molar-refractivity contribution in [3.63, 3.8) is 0 Å². The molecule has 198 valence electrons.